The van der Waals surface area contributed by atoms with E-state index in [-0.39, 0.29) is 23.4 Å². The first-order valence-corrected chi connectivity index (χ1v) is 13.5. The minimum absolute atomic E-state index is 0.123. The second-order valence-electron chi connectivity index (χ2n) is 8.99. The van der Waals surface area contributed by atoms with Crippen LogP contribution < -0.4 is 0 Å². The fourth-order valence-electron chi connectivity index (χ4n) is 4.57. The van der Waals surface area contributed by atoms with Gasteiger partial charge >= 0.3 is 0 Å². The van der Waals surface area contributed by atoms with Crippen LogP contribution in [0.15, 0.2) is 60.7 Å². The van der Waals surface area contributed by atoms with Gasteiger partial charge in [0.1, 0.15) is 5.82 Å². The Bertz CT molecular complexity index is 1070. The fourth-order valence-corrected chi connectivity index (χ4v) is 6.14. The molecule has 0 aromatic heterocycles. The Kier molecular flexibility index (Phi) is 8.13. The van der Waals surface area contributed by atoms with E-state index in [9.17, 15) is 17.6 Å². The molecule has 182 valence electrons. The molecule has 2 heterocycles. The minimum Gasteiger partial charge on any atom is -0.340 e. The van der Waals surface area contributed by atoms with E-state index in [1.165, 1.54) is 34.1 Å². The topological polar surface area (TPSA) is 60.9 Å². The molecule has 8 heteroatoms. The third-order valence-corrected chi connectivity index (χ3v) is 8.47. The van der Waals surface area contributed by atoms with Crippen LogP contribution in [0.3, 0.4) is 0 Å². The zero-order valence-corrected chi connectivity index (χ0v) is 20.2. The molecule has 4 rings (SSSR count). The molecule has 6 nitrogen and oxygen atoms in total. The van der Waals surface area contributed by atoms with Gasteiger partial charge in [-0.15, -0.1) is 0 Å². The van der Waals surface area contributed by atoms with Crippen molar-refractivity contribution in [1.29, 1.82) is 0 Å². The van der Waals surface area contributed by atoms with Gasteiger partial charge < -0.3 is 4.90 Å². The smallest absolute Gasteiger partial charge is 0.225 e. The molecule has 0 atom stereocenters. The van der Waals surface area contributed by atoms with Crippen molar-refractivity contribution in [3.8, 4) is 0 Å². The van der Waals surface area contributed by atoms with E-state index in [0.29, 0.717) is 44.6 Å². The predicted molar refractivity (Wildman–Crippen MR) is 132 cm³/mol. The molecule has 2 aliphatic rings. The second kappa shape index (κ2) is 11.3. The second-order valence-corrected chi connectivity index (χ2v) is 11.0. The summed E-state index contributed by atoms with van der Waals surface area (Å²) in [6, 6.07) is 15.7. The first kappa shape index (κ1) is 24.6. The Morgan fingerprint density at radius 3 is 2.21 bits per heavy atom. The largest absolute Gasteiger partial charge is 0.340 e. The molecule has 2 aliphatic heterocycles. The van der Waals surface area contributed by atoms with E-state index in [0.717, 1.165) is 19.6 Å². The van der Waals surface area contributed by atoms with Crippen molar-refractivity contribution in [2.24, 2.45) is 5.92 Å². The number of piperazine rings is 1. The van der Waals surface area contributed by atoms with E-state index in [4.69, 9.17) is 0 Å². The number of benzene rings is 2. The number of carbonyl (C=O) groups is 1. The van der Waals surface area contributed by atoms with Gasteiger partial charge in [0.05, 0.1) is 5.75 Å². The summed E-state index contributed by atoms with van der Waals surface area (Å²) in [5.74, 6) is -0.506. The SMILES string of the molecule is O=C(C1CCN(S(=O)(=O)Cc2ccc(F)cc2)CC1)N1CCN(C/C=C/c2ccccc2)CC1. The normalized spacial score (nSPS) is 19.0. The molecule has 2 fully saturated rings. The van der Waals surface area contributed by atoms with Gasteiger partial charge in [0, 0.05) is 51.7 Å². The Morgan fingerprint density at radius 2 is 1.56 bits per heavy atom. The van der Waals surface area contributed by atoms with Crippen molar-refractivity contribution in [3.63, 3.8) is 0 Å². The van der Waals surface area contributed by atoms with Crippen LogP contribution in [-0.4, -0.2) is 74.2 Å². The highest BCUT2D eigenvalue weighted by Crippen LogP contribution is 2.24. The van der Waals surface area contributed by atoms with Crippen molar-refractivity contribution in [1.82, 2.24) is 14.1 Å². The number of amides is 1. The first-order chi connectivity index (χ1) is 16.4. The van der Waals surface area contributed by atoms with Gasteiger partial charge in [0.15, 0.2) is 0 Å². The Balaban J connectivity index is 1.21. The third-order valence-electron chi connectivity index (χ3n) is 6.62. The molecule has 2 aromatic carbocycles. The summed E-state index contributed by atoms with van der Waals surface area (Å²) in [7, 11) is -3.49. The highest BCUT2D eigenvalue weighted by atomic mass is 32.2. The number of rotatable bonds is 7. The summed E-state index contributed by atoms with van der Waals surface area (Å²) < 4.78 is 40.1. The summed E-state index contributed by atoms with van der Waals surface area (Å²) >= 11 is 0. The monoisotopic (exact) mass is 485 g/mol. The number of hydrogen-bond donors (Lipinski definition) is 0. The Labute approximate surface area is 201 Å². The molecule has 0 N–H and O–H groups in total. The lowest BCUT2D eigenvalue weighted by atomic mass is 9.96. The molecular formula is C26H32FN3O3S. The quantitative estimate of drug-likeness (QED) is 0.604. The van der Waals surface area contributed by atoms with Crippen molar-refractivity contribution >= 4 is 22.0 Å². The summed E-state index contributed by atoms with van der Waals surface area (Å²) in [5.41, 5.74) is 1.75. The number of hydrogen-bond acceptors (Lipinski definition) is 4. The molecular weight excluding hydrogens is 453 g/mol. The number of nitrogens with zero attached hydrogens (tertiary/aromatic N) is 3. The van der Waals surface area contributed by atoms with Crippen molar-refractivity contribution < 1.29 is 17.6 Å². The average molecular weight is 486 g/mol. The lowest BCUT2D eigenvalue weighted by Gasteiger charge is -2.38. The maximum absolute atomic E-state index is 13.1. The van der Waals surface area contributed by atoms with Gasteiger partial charge in [0.2, 0.25) is 15.9 Å². The van der Waals surface area contributed by atoms with Gasteiger partial charge in [-0.25, -0.2) is 17.1 Å². The van der Waals surface area contributed by atoms with E-state index in [1.807, 2.05) is 23.1 Å². The Hall–Kier alpha value is -2.55. The minimum atomic E-state index is -3.49. The van der Waals surface area contributed by atoms with Crippen LogP contribution in [0.1, 0.15) is 24.0 Å². The molecule has 0 bridgehead atoms. The summed E-state index contributed by atoms with van der Waals surface area (Å²) in [6.45, 7) is 4.67. The summed E-state index contributed by atoms with van der Waals surface area (Å²) in [4.78, 5) is 17.3. The molecule has 0 radical (unpaired) electrons. The number of halogens is 1. The van der Waals surface area contributed by atoms with Gasteiger partial charge in [-0.2, -0.15) is 0 Å². The highest BCUT2D eigenvalue weighted by Gasteiger charge is 2.34. The van der Waals surface area contributed by atoms with Crippen LogP contribution in [-0.2, 0) is 20.6 Å². The van der Waals surface area contributed by atoms with E-state index >= 15 is 0 Å². The van der Waals surface area contributed by atoms with Gasteiger partial charge in [0.25, 0.3) is 0 Å². The van der Waals surface area contributed by atoms with E-state index in [1.54, 1.807) is 0 Å². The summed E-state index contributed by atoms with van der Waals surface area (Å²) in [6.07, 6.45) is 5.37. The number of sulfonamides is 1. The van der Waals surface area contributed by atoms with Crippen molar-refractivity contribution in [2.75, 3.05) is 45.8 Å². The third kappa shape index (κ3) is 6.52. The van der Waals surface area contributed by atoms with Crippen LogP contribution in [0.4, 0.5) is 4.39 Å². The molecule has 1 amide bonds. The van der Waals surface area contributed by atoms with Crippen molar-refractivity contribution in [3.05, 3.63) is 77.6 Å². The van der Waals surface area contributed by atoms with E-state index < -0.39 is 10.0 Å². The highest BCUT2D eigenvalue weighted by molar-refractivity contribution is 7.88. The van der Waals surface area contributed by atoms with Crippen LogP contribution >= 0.6 is 0 Å². The number of piperidine rings is 1. The fraction of sp³-hybridized carbons (Fsp3) is 0.423. The molecule has 34 heavy (non-hydrogen) atoms. The van der Waals surface area contributed by atoms with Crippen LogP contribution in [0, 0.1) is 11.7 Å². The molecule has 2 aromatic rings. The lowest BCUT2D eigenvalue weighted by Crippen LogP contribution is -2.51. The molecule has 0 aliphatic carbocycles. The molecule has 2 saturated heterocycles. The first-order valence-electron chi connectivity index (χ1n) is 11.9. The van der Waals surface area contributed by atoms with Crippen LogP contribution in [0.25, 0.3) is 6.08 Å². The predicted octanol–water partition coefficient (Wildman–Crippen LogP) is 3.23. The van der Waals surface area contributed by atoms with Gasteiger partial charge in [-0.3, -0.25) is 9.69 Å². The standard InChI is InChI=1S/C26H32FN3O3S/c27-25-10-8-23(9-11-25)21-34(32,33)30-15-12-24(13-16-30)26(31)29-19-17-28(18-20-29)14-4-7-22-5-2-1-3-6-22/h1-11,24H,12-21H2/b7-4+. The van der Waals surface area contributed by atoms with Gasteiger partial charge in [-0.1, -0.05) is 54.6 Å². The maximum Gasteiger partial charge on any atom is 0.225 e. The van der Waals surface area contributed by atoms with Gasteiger partial charge in [-0.05, 0) is 36.1 Å². The zero-order valence-electron chi connectivity index (χ0n) is 19.4. The summed E-state index contributed by atoms with van der Waals surface area (Å²) in [5, 5.41) is 0. The zero-order chi connectivity index (χ0) is 24.0. The molecule has 0 spiro atoms. The lowest BCUT2D eigenvalue weighted by molar-refractivity contribution is -0.138. The Morgan fingerprint density at radius 1 is 0.912 bits per heavy atom. The van der Waals surface area contributed by atoms with E-state index in [2.05, 4.69) is 29.2 Å². The van der Waals surface area contributed by atoms with Crippen molar-refractivity contribution in [2.45, 2.75) is 18.6 Å². The molecule has 0 saturated carbocycles. The molecule has 0 unspecified atom stereocenters. The average Bonchev–Trinajstić information content (AvgIpc) is 2.86. The number of carbonyl (C=O) groups excluding carboxylic acids is 1. The van der Waals surface area contributed by atoms with Crippen LogP contribution in [0.2, 0.25) is 0 Å². The van der Waals surface area contributed by atoms with Crippen LogP contribution in [0.5, 0.6) is 0 Å². The maximum atomic E-state index is 13.1.